The van der Waals surface area contributed by atoms with Crippen molar-refractivity contribution in [1.29, 1.82) is 0 Å². The molecule has 1 aliphatic heterocycles. The summed E-state index contributed by atoms with van der Waals surface area (Å²) in [4.78, 5) is 27.6. The summed E-state index contributed by atoms with van der Waals surface area (Å²) in [6.07, 6.45) is -0.599. The Bertz CT molecular complexity index is 752. The summed E-state index contributed by atoms with van der Waals surface area (Å²) in [6.45, 7) is 5.95. The van der Waals surface area contributed by atoms with Crippen LogP contribution >= 0.6 is 34.8 Å². The lowest BCUT2D eigenvalue weighted by Gasteiger charge is -2.41. The topological polar surface area (TPSA) is 85.1 Å². The molecule has 1 fully saturated rings. The molecule has 7 nitrogen and oxygen atoms in total. The van der Waals surface area contributed by atoms with E-state index in [2.05, 4.69) is 0 Å². The highest BCUT2D eigenvalue weighted by Gasteiger charge is 2.38. The molecule has 150 valence electrons. The maximum absolute atomic E-state index is 12.4. The molecule has 0 saturated carbocycles. The van der Waals surface area contributed by atoms with Crippen LogP contribution in [-0.2, 0) is 9.53 Å². The Labute approximate surface area is 173 Å². The van der Waals surface area contributed by atoms with E-state index in [9.17, 15) is 9.59 Å². The van der Waals surface area contributed by atoms with Crippen molar-refractivity contribution in [2.24, 2.45) is 5.73 Å². The molecule has 0 aromatic heterocycles. The minimum absolute atomic E-state index is 0.114. The lowest BCUT2D eigenvalue weighted by molar-refractivity contribution is -0.123. The number of amides is 2. The lowest BCUT2D eigenvalue weighted by Crippen LogP contribution is -2.60. The fraction of sp³-hybridized carbons (Fsp3) is 0.529. The standard InChI is InChI=1S/C17H22Cl3N3O4/c1-17(2,3)27-16(25)23-6-5-22(8-10(23)15(21)24)14-11(26-4)7-9(18)12(19)13(14)20/h7,10H,5-6,8H2,1-4H3,(H2,21,24)/t10-/m1/s1. The van der Waals surface area contributed by atoms with E-state index in [-0.39, 0.29) is 28.2 Å². The van der Waals surface area contributed by atoms with Crippen molar-refractivity contribution in [2.45, 2.75) is 32.4 Å². The van der Waals surface area contributed by atoms with Crippen molar-refractivity contribution in [2.75, 3.05) is 31.6 Å². The molecule has 1 atom stereocenters. The van der Waals surface area contributed by atoms with Gasteiger partial charge in [-0.1, -0.05) is 34.8 Å². The second-order valence-corrected chi connectivity index (χ2v) is 8.24. The Morgan fingerprint density at radius 2 is 1.81 bits per heavy atom. The Kier molecular flexibility index (Phi) is 6.60. The minimum Gasteiger partial charge on any atom is -0.494 e. The summed E-state index contributed by atoms with van der Waals surface area (Å²) in [6, 6.07) is 0.647. The predicted molar refractivity (Wildman–Crippen MR) is 106 cm³/mol. The van der Waals surface area contributed by atoms with E-state index >= 15 is 0 Å². The summed E-state index contributed by atoms with van der Waals surface area (Å²) in [7, 11) is 1.47. The number of carbonyl (C=O) groups excluding carboxylic acids is 2. The first-order chi connectivity index (χ1) is 12.5. The van der Waals surface area contributed by atoms with Gasteiger partial charge in [0.05, 0.1) is 22.2 Å². The number of carbonyl (C=O) groups is 2. The molecule has 10 heteroatoms. The molecule has 1 saturated heterocycles. The number of nitrogens with zero attached hydrogens (tertiary/aromatic N) is 2. The molecule has 1 aromatic carbocycles. The van der Waals surface area contributed by atoms with Crippen LogP contribution in [0.2, 0.25) is 15.1 Å². The number of primary amides is 1. The highest BCUT2D eigenvalue weighted by Crippen LogP contribution is 2.45. The van der Waals surface area contributed by atoms with Crippen molar-refractivity contribution >= 4 is 52.5 Å². The number of anilines is 1. The van der Waals surface area contributed by atoms with Crippen LogP contribution < -0.4 is 15.4 Å². The molecule has 0 radical (unpaired) electrons. The van der Waals surface area contributed by atoms with E-state index in [4.69, 9.17) is 50.0 Å². The summed E-state index contributed by atoms with van der Waals surface area (Å²) < 4.78 is 10.7. The van der Waals surface area contributed by atoms with Crippen LogP contribution in [-0.4, -0.2) is 55.3 Å². The molecule has 1 aliphatic rings. The first kappa shape index (κ1) is 21.7. The second-order valence-electron chi connectivity index (χ2n) is 7.08. The van der Waals surface area contributed by atoms with Gasteiger partial charge in [0.2, 0.25) is 5.91 Å². The molecular weight excluding hydrogens is 417 g/mol. The van der Waals surface area contributed by atoms with Crippen molar-refractivity contribution in [3.63, 3.8) is 0 Å². The summed E-state index contributed by atoms with van der Waals surface area (Å²) in [5, 5.41) is 0.635. The van der Waals surface area contributed by atoms with Gasteiger partial charge in [-0.05, 0) is 20.8 Å². The molecule has 0 aliphatic carbocycles. The minimum atomic E-state index is -0.899. The number of ether oxygens (including phenoxy) is 2. The first-order valence-electron chi connectivity index (χ1n) is 8.21. The molecule has 27 heavy (non-hydrogen) atoms. The predicted octanol–water partition coefficient (Wildman–Crippen LogP) is 3.57. The van der Waals surface area contributed by atoms with Crippen LogP contribution in [0.3, 0.4) is 0 Å². The number of hydrogen-bond acceptors (Lipinski definition) is 5. The van der Waals surface area contributed by atoms with Crippen LogP contribution in [0.5, 0.6) is 5.75 Å². The van der Waals surface area contributed by atoms with Crippen LogP contribution in [0.15, 0.2) is 6.07 Å². The van der Waals surface area contributed by atoms with Crippen LogP contribution in [0.1, 0.15) is 20.8 Å². The Balaban J connectivity index is 2.34. The number of hydrogen-bond donors (Lipinski definition) is 1. The van der Waals surface area contributed by atoms with Crippen molar-refractivity contribution in [3.8, 4) is 5.75 Å². The van der Waals surface area contributed by atoms with Gasteiger partial charge in [0.15, 0.2) is 0 Å². The van der Waals surface area contributed by atoms with Gasteiger partial charge in [0.1, 0.15) is 23.1 Å². The maximum atomic E-state index is 12.4. The molecule has 2 amide bonds. The third-order valence-electron chi connectivity index (χ3n) is 3.97. The van der Waals surface area contributed by atoms with E-state index in [1.165, 1.54) is 12.0 Å². The number of halogens is 3. The van der Waals surface area contributed by atoms with E-state index in [1.54, 1.807) is 31.7 Å². The van der Waals surface area contributed by atoms with Crippen molar-refractivity contribution in [3.05, 3.63) is 21.1 Å². The number of methoxy groups -OCH3 is 1. The van der Waals surface area contributed by atoms with E-state index in [0.717, 1.165) is 0 Å². The van der Waals surface area contributed by atoms with E-state index in [1.807, 2.05) is 0 Å². The van der Waals surface area contributed by atoms with Crippen LogP contribution in [0, 0.1) is 0 Å². The van der Waals surface area contributed by atoms with Gasteiger partial charge in [-0.25, -0.2) is 4.79 Å². The van der Waals surface area contributed by atoms with Gasteiger partial charge in [-0.2, -0.15) is 0 Å². The monoisotopic (exact) mass is 437 g/mol. The Morgan fingerprint density at radius 1 is 1.19 bits per heavy atom. The summed E-state index contributed by atoms with van der Waals surface area (Å²) >= 11 is 18.6. The highest BCUT2D eigenvalue weighted by molar-refractivity contribution is 6.49. The molecule has 2 N–H and O–H groups in total. The normalized spacial score (nSPS) is 17.7. The number of benzene rings is 1. The molecule has 0 unspecified atom stereocenters. The molecular formula is C17H22Cl3N3O4. The fourth-order valence-electron chi connectivity index (χ4n) is 2.78. The number of rotatable bonds is 3. The average Bonchev–Trinajstić information content (AvgIpc) is 2.57. The molecule has 2 rings (SSSR count). The molecule has 0 bridgehead atoms. The van der Waals surface area contributed by atoms with Gasteiger partial charge in [0, 0.05) is 25.7 Å². The Hall–Kier alpha value is -1.57. The zero-order chi connectivity index (χ0) is 20.5. The lowest BCUT2D eigenvalue weighted by atomic mass is 10.1. The second kappa shape index (κ2) is 8.20. The number of nitrogens with two attached hydrogens (primary N) is 1. The maximum Gasteiger partial charge on any atom is 0.411 e. The fourth-order valence-corrected chi connectivity index (χ4v) is 3.48. The smallest absolute Gasteiger partial charge is 0.411 e. The van der Waals surface area contributed by atoms with Gasteiger partial charge in [-0.15, -0.1) is 0 Å². The zero-order valence-corrected chi connectivity index (χ0v) is 17.8. The zero-order valence-electron chi connectivity index (χ0n) is 15.5. The Morgan fingerprint density at radius 3 is 2.33 bits per heavy atom. The SMILES string of the molecule is COc1cc(Cl)c(Cl)c(Cl)c1N1CCN(C(=O)OC(C)(C)C)[C@@H](C(N)=O)C1. The van der Waals surface area contributed by atoms with Gasteiger partial charge < -0.3 is 20.1 Å². The van der Waals surface area contributed by atoms with E-state index in [0.29, 0.717) is 18.0 Å². The average molecular weight is 439 g/mol. The van der Waals surface area contributed by atoms with Crippen LogP contribution in [0.25, 0.3) is 0 Å². The molecule has 1 aromatic rings. The summed E-state index contributed by atoms with van der Waals surface area (Å²) in [5.74, 6) is -0.246. The quantitative estimate of drug-likeness (QED) is 0.729. The molecule has 0 spiro atoms. The van der Waals surface area contributed by atoms with Crippen LogP contribution in [0.4, 0.5) is 10.5 Å². The van der Waals surface area contributed by atoms with Gasteiger partial charge in [-0.3, -0.25) is 9.69 Å². The van der Waals surface area contributed by atoms with Gasteiger partial charge >= 0.3 is 6.09 Å². The molecule has 1 heterocycles. The van der Waals surface area contributed by atoms with E-state index < -0.39 is 23.6 Å². The van der Waals surface area contributed by atoms with Crippen molar-refractivity contribution in [1.82, 2.24) is 4.90 Å². The van der Waals surface area contributed by atoms with Crippen molar-refractivity contribution < 1.29 is 19.1 Å². The third kappa shape index (κ3) is 4.83. The van der Waals surface area contributed by atoms with Gasteiger partial charge in [0.25, 0.3) is 0 Å². The number of piperazine rings is 1. The summed E-state index contributed by atoms with van der Waals surface area (Å²) in [5.41, 5.74) is 5.34. The first-order valence-corrected chi connectivity index (χ1v) is 9.35. The largest absolute Gasteiger partial charge is 0.494 e. The highest BCUT2D eigenvalue weighted by atomic mass is 35.5. The third-order valence-corrected chi connectivity index (χ3v) is 5.23.